The second-order valence-electron chi connectivity index (χ2n) is 1.27. The van der Waals surface area contributed by atoms with Crippen LogP contribution in [0.3, 0.4) is 0 Å². The van der Waals surface area contributed by atoms with Gasteiger partial charge in [-0.3, -0.25) is 0 Å². The molecule has 0 aliphatic heterocycles. The van der Waals surface area contributed by atoms with Crippen molar-refractivity contribution in [2.24, 2.45) is 0 Å². The summed E-state index contributed by atoms with van der Waals surface area (Å²) in [5.41, 5.74) is 0. The van der Waals surface area contributed by atoms with Crippen molar-refractivity contribution in [2.45, 2.75) is 18.2 Å². The maximum absolute atomic E-state index is 5.01. The summed E-state index contributed by atoms with van der Waals surface area (Å²) in [6.45, 7) is 1.80. The molecule has 0 aromatic carbocycles. The minimum Gasteiger partial charge on any atom is -0.120 e. The first-order valence-electron chi connectivity index (χ1n) is 2.31. The summed E-state index contributed by atoms with van der Waals surface area (Å²) in [5, 5.41) is 0. The van der Waals surface area contributed by atoms with Gasteiger partial charge in [0.25, 0.3) is 0 Å². The Bertz CT molecular complexity index is 142. The zero-order valence-corrected chi connectivity index (χ0v) is 6.33. The minimum absolute atomic E-state index is 0.178. The van der Waals surface area contributed by atoms with Gasteiger partial charge >= 0.3 is 0 Å². The first-order chi connectivity index (χ1) is 3.81. The third-order valence-corrected chi connectivity index (χ3v) is 1.15. The highest BCUT2D eigenvalue weighted by molar-refractivity contribution is 9.09. The maximum Gasteiger partial charge on any atom is 0.0863 e. The smallest absolute Gasteiger partial charge is 0.0863 e. The van der Waals surface area contributed by atoms with Crippen LogP contribution in [0.5, 0.6) is 0 Å². The van der Waals surface area contributed by atoms with Crippen LogP contribution in [-0.2, 0) is 0 Å². The van der Waals surface area contributed by atoms with Gasteiger partial charge in [0.05, 0.1) is 4.83 Å². The van der Waals surface area contributed by atoms with Gasteiger partial charge in [0.15, 0.2) is 0 Å². The number of hydrogen-bond acceptors (Lipinski definition) is 0. The Morgan fingerprint density at radius 3 is 2.75 bits per heavy atom. The Kier molecular flexibility index (Phi) is 4.51. The Morgan fingerprint density at radius 2 is 2.38 bits per heavy atom. The van der Waals surface area contributed by atoms with Gasteiger partial charge in [-0.05, 0) is 6.92 Å². The van der Waals surface area contributed by atoms with E-state index in [-0.39, 0.29) is 4.83 Å². The van der Waals surface area contributed by atoms with Gasteiger partial charge < -0.3 is 0 Å². The van der Waals surface area contributed by atoms with Gasteiger partial charge in [-0.2, -0.15) is 0 Å². The third-order valence-electron chi connectivity index (χ3n) is 0.598. The molecule has 0 bridgehead atoms. The molecular weight excluding hydrogens is 164 g/mol. The van der Waals surface area contributed by atoms with Crippen LogP contribution in [0.2, 0.25) is 0 Å². The summed E-state index contributed by atoms with van der Waals surface area (Å²) >= 11 is 3.28. The second kappa shape index (κ2) is 4.75. The number of terminal acetylenes is 1. The molecule has 0 aliphatic rings. The van der Waals surface area contributed by atoms with Gasteiger partial charge in [0.1, 0.15) is 0 Å². The van der Waals surface area contributed by atoms with Gasteiger partial charge in [0, 0.05) is 6.42 Å². The molecule has 42 valence electrons. The number of rotatable bonds is 1. The first-order valence-corrected chi connectivity index (χ1v) is 3.22. The summed E-state index contributed by atoms with van der Waals surface area (Å²) in [7, 11) is 0. The molecule has 0 aromatic rings. The van der Waals surface area contributed by atoms with Crippen molar-refractivity contribution in [3.63, 3.8) is 0 Å². The molecule has 0 radical (unpaired) electrons. The SMILES string of the molecule is C#CCC(Br)C#CC. The van der Waals surface area contributed by atoms with Crippen LogP contribution in [0.15, 0.2) is 0 Å². The van der Waals surface area contributed by atoms with E-state index in [9.17, 15) is 0 Å². The van der Waals surface area contributed by atoms with E-state index in [4.69, 9.17) is 6.42 Å². The zero-order valence-electron chi connectivity index (χ0n) is 4.74. The summed E-state index contributed by atoms with van der Waals surface area (Å²) in [5.74, 6) is 8.13. The molecule has 0 aromatic heterocycles. The fourth-order valence-electron chi connectivity index (χ4n) is 0.311. The summed E-state index contributed by atoms with van der Waals surface area (Å²) in [6, 6.07) is 0. The molecule has 0 fully saturated rings. The average molecular weight is 171 g/mol. The molecule has 8 heavy (non-hydrogen) atoms. The van der Waals surface area contributed by atoms with Gasteiger partial charge in [0.2, 0.25) is 0 Å². The Hall–Kier alpha value is -0.400. The lowest BCUT2D eigenvalue weighted by Gasteiger charge is -1.89. The highest BCUT2D eigenvalue weighted by Gasteiger charge is 1.91. The quantitative estimate of drug-likeness (QED) is 0.416. The van der Waals surface area contributed by atoms with E-state index < -0.39 is 0 Å². The van der Waals surface area contributed by atoms with Gasteiger partial charge in [-0.1, -0.05) is 21.9 Å². The van der Waals surface area contributed by atoms with E-state index in [0.29, 0.717) is 6.42 Å². The van der Waals surface area contributed by atoms with E-state index in [0.717, 1.165) is 0 Å². The Balaban J connectivity index is 3.47. The summed E-state index contributed by atoms with van der Waals surface area (Å²) in [6.07, 6.45) is 5.69. The molecule has 0 spiro atoms. The second-order valence-corrected chi connectivity index (χ2v) is 2.38. The first kappa shape index (κ1) is 7.60. The van der Waals surface area contributed by atoms with Crippen LogP contribution in [-0.4, -0.2) is 4.83 Å². The zero-order chi connectivity index (χ0) is 6.41. The highest BCUT2D eigenvalue weighted by atomic mass is 79.9. The van der Waals surface area contributed by atoms with Crippen LogP contribution in [0, 0.1) is 24.2 Å². The van der Waals surface area contributed by atoms with Crippen LogP contribution in [0.4, 0.5) is 0 Å². The van der Waals surface area contributed by atoms with Crippen LogP contribution >= 0.6 is 15.9 Å². The van der Waals surface area contributed by atoms with Crippen molar-refractivity contribution in [2.75, 3.05) is 0 Å². The van der Waals surface area contributed by atoms with E-state index in [2.05, 4.69) is 33.7 Å². The highest BCUT2D eigenvalue weighted by Crippen LogP contribution is 2.00. The van der Waals surface area contributed by atoms with Crippen molar-refractivity contribution in [1.29, 1.82) is 0 Å². The molecule has 0 aliphatic carbocycles. The van der Waals surface area contributed by atoms with Crippen molar-refractivity contribution in [1.82, 2.24) is 0 Å². The normalized spacial score (nSPS) is 10.6. The predicted molar refractivity (Wildman–Crippen MR) is 39.6 cm³/mol. The molecule has 0 amide bonds. The lowest BCUT2D eigenvalue weighted by molar-refractivity contribution is 1.16. The van der Waals surface area contributed by atoms with Crippen molar-refractivity contribution < 1.29 is 0 Å². The topological polar surface area (TPSA) is 0 Å². The number of hydrogen-bond donors (Lipinski definition) is 0. The van der Waals surface area contributed by atoms with E-state index in [1.807, 2.05) is 0 Å². The lowest BCUT2D eigenvalue weighted by Crippen LogP contribution is -1.88. The maximum atomic E-state index is 5.01. The molecule has 0 rings (SSSR count). The molecule has 0 saturated carbocycles. The molecule has 0 N–H and O–H groups in total. The third kappa shape index (κ3) is 3.78. The average Bonchev–Trinajstić information content (AvgIpc) is 1.68. The molecule has 1 unspecified atom stereocenters. The van der Waals surface area contributed by atoms with E-state index >= 15 is 0 Å². The standard InChI is InChI=1S/C7H7Br/c1-3-5-7(8)6-4-2/h1,7H,5H2,2H3. The number of halogens is 1. The van der Waals surface area contributed by atoms with Crippen LogP contribution in [0.25, 0.3) is 0 Å². The van der Waals surface area contributed by atoms with Crippen molar-refractivity contribution >= 4 is 15.9 Å². The number of alkyl halides is 1. The van der Waals surface area contributed by atoms with Gasteiger partial charge in [-0.25, -0.2) is 0 Å². The van der Waals surface area contributed by atoms with Crippen LogP contribution in [0.1, 0.15) is 13.3 Å². The molecule has 0 heterocycles. The minimum atomic E-state index is 0.178. The molecule has 1 heteroatoms. The molecule has 1 atom stereocenters. The molecular formula is C7H7Br. The Labute approximate surface area is 58.8 Å². The summed E-state index contributed by atoms with van der Waals surface area (Å²) in [4.78, 5) is 0.178. The molecule has 0 saturated heterocycles. The summed E-state index contributed by atoms with van der Waals surface area (Å²) < 4.78 is 0. The fourth-order valence-corrected chi connectivity index (χ4v) is 0.727. The lowest BCUT2D eigenvalue weighted by atomic mass is 10.3. The molecule has 0 nitrogen and oxygen atoms in total. The monoisotopic (exact) mass is 170 g/mol. The Morgan fingerprint density at radius 1 is 1.75 bits per heavy atom. The van der Waals surface area contributed by atoms with E-state index in [1.165, 1.54) is 0 Å². The fraction of sp³-hybridized carbons (Fsp3) is 0.429. The van der Waals surface area contributed by atoms with Crippen molar-refractivity contribution in [3.8, 4) is 24.2 Å². The van der Waals surface area contributed by atoms with Crippen LogP contribution < -0.4 is 0 Å². The van der Waals surface area contributed by atoms with Gasteiger partial charge in [-0.15, -0.1) is 18.3 Å². The van der Waals surface area contributed by atoms with E-state index in [1.54, 1.807) is 6.92 Å². The predicted octanol–water partition coefficient (Wildman–Crippen LogP) is 1.80. The largest absolute Gasteiger partial charge is 0.120 e. The van der Waals surface area contributed by atoms with Crippen molar-refractivity contribution in [3.05, 3.63) is 0 Å².